The van der Waals surface area contributed by atoms with Crippen molar-refractivity contribution in [1.29, 1.82) is 0 Å². The Balaban J connectivity index is 1.75. The van der Waals surface area contributed by atoms with Crippen molar-refractivity contribution in [3.63, 3.8) is 0 Å². The predicted octanol–water partition coefficient (Wildman–Crippen LogP) is 6.14. The van der Waals surface area contributed by atoms with Crippen LogP contribution in [0, 0.1) is 0 Å². The Kier molecular flexibility index (Phi) is 5.43. The Morgan fingerprint density at radius 1 is 0.852 bits per heavy atom. The lowest BCUT2D eigenvalue weighted by molar-refractivity contribution is 0.412. The Labute approximate surface area is 175 Å². The molecule has 3 aromatic rings. The summed E-state index contributed by atoms with van der Waals surface area (Å²) >= 11 is 6.98. The van der Waals surface area contributed by atoms with Crippen LogP contribution >= 0.6 is 31.9 Å². The highest BCUT2D eigenvalue weighted by Gasteiger charge is 2.27. The number of halogens is 2. The summed E-state index contributed by atoms with van der Waals surface area (Å²) in [4.78, 5) is 4.98. The van der Waals surface area contributed by atoms with E-state index in [-0.39, 0.29) is 12.2 Å². The molecule has 2 unspecified atom stereocenters. The molecule has 0 saturated heterocycles. The second-order valence-corrected chi connectivity index (χ2v) is 8.35. The molecule has 5 heteroatoms. The highest BCUT2D eigenvalue weighted by molar-refractivity contribution is 9.10. The molecule has 4 rings (SSSR count). The molecule has 0 saturated carbocycles. The van der Waals surface area contributed by atoms with Gasteiger partial charge in [0.15, 0.2) is 0 Å². The van der Waals surface area contributed by atoms with Gasteiger partial charge in [-0.1, -0.05) is 74.3 Å². The van der Waals surface area contributed by atoms with Crippen LogP contribution in [0.15, 0.2) is 86.7 Å². The van der Waals surface area contributed by atoms with Gasteiger partial charge in [0.05, 0.1) is 0 Å². The highest BCUT2D eigenvalue weighted by Crippen LogP contribution is 2.34. The average Bonchev–Trinajstić information content (AvgIpc) is 2.69. The number of para-hydroxylation sites is 1. The fraction of sp³-hybridized carbons (Fsp3) is 0.136. The molecule has 0 bridgehead atoms. The summed E-state index contributed by atoms with van der Waals surface area (Å²) in [6, 6.07) is 23.9. The number of aliphatic imine (C=N–C) groups is 1. The molecule has 3 nitrogen and oxygen atoms in total. The second kappa shape index (κ2) is 7.97. The first-order valence-electron chi connectivity index (χ1n) is 8.72. The van der Waals surface area contributed by atoms with E-state index in [1.165, 1.54) is 0 Å². The van der Waals surface area contributed by atoms with Gasteiger partial charge in [0.1, 0.15) is 11.9 Å². The zero-order chi connectivity index (χ0) is 18.8. The van der Waals surface area contributed by atoms with Crippen LogP contribution in [0.25, 0.3) is 0 Å². The normalized spacial score (nSPS) is 19.6. The third-order valence-electron chi connectivity index (χ3n) is 4.72. The lowest BCUT2D eigenvalue weighted by atomic mass is 9.93. The van der Waals surface area contributed by atoms with Gasteiger partial charge in [-0.15, -0.1) is 0 Å². The zero-order valence-corrected chi connectivity index (χ0v) is 17.6. The molecule has 0 spiro atoms. The fourth-order valence-corrected chi connectivity index (χ4v) is 3.85. The Morgan fingerprint density at radius 2 is 1.48 bits per heavy atom. The minimum atomic E-state index is -0.171. The third-order valence-corrected chi connectivity index (χ3v) is 5.77. The maximum Gasteiger partial charge on any atom is 0.126 e. The molecule has 0 fully saturated rings. The van der Waals surface area contributed by atoms with Gasteiger partial charge in [0.2, 0.25) is 0 Å². The molecular formula is C22H18Br2N2O. The van der Waals surface area contributed by atoms with E-state index >= 15 is 0 Å². The minimum absolute atomic E-state index is 0.0176. The van der Waals surface area contributed by atoms with Crippen LogP contribution in [0.2, 0.25) is 0 Å². The summed E-state index contributed by atoms with van der Waals surface area (Å²) < 4.78 is 2.08. The number of phenolic OH excluding ortho intramolecular Hbond substituents is 1. The fourth-order valence-electron chi connectivity index (χ4n) is 3.32. The van der Waals surface area contributed by atoms with Crippen LogP contribution in [0.1, 0.15) is 35.3 Å². The number of phenols is 1. The standard InChI is InChI=1S/C22H18Br2N2O/c23-16-9-5-14(6-10-16)19-13-20(18-3-1-2-4-21(18)27)26-22(25-19)15-7-11-17(24)12-8-15/h1-12,20,22,26-27H,13H2. The summed E-state index contributed by atoms with van der Waals surface area (Å²) in [5.74, 6) is 0.307. The molecule has 0 aromatic heterocycles. The molecule has 27 heavy (non-hydrogen) atoms. The molecule has 3 aromatic carbocycles. The van der Waals surface area contributed by atoms with Crippen molar-refractivity contribution >= 4 is 37.6 Å². The van der Waals surface area contributed by atoms with Crippen molar-refractivity contribution in [3.05, 3.63) is 98.4 Å². The summed E-state index contributed by atoms with van der Waals surface area (Å²) in [5, 5.41) is 13.9. The van der Waals surface area contributed by atoms with Crippen LogP contribution < -0.4 is 5.32 Å². The van der Waals surface area contributed by atoms with Gasteiger partial charge in [0, 0.05) is 32.7 Å². The van der Waals surface area contributed by atoms with Crippen molar-refractivity contribution in [1.82, 2.24) is 5.32 Å². The van der Waals surface area contributed by atoms with E-state index < -0.39 is 0 Å². The van der Waals surface area contributed by atoms with E-state index in [0.717, 1.165) is 31.3 Å². The van der Waals surface area contributed by atoms with E-state index in [1.807, 2.05) is 42.5 Å². The molecule has 2 atom stereocenters. The molecule has 2 N–H and O–H groups in total. The molecule has 1 heterocycles. The van der Waals surface area contributed by atoms with Crippen molar-refractivity contribution in [2.24, 2.45) is 4.99 Å². The number of nitrogens with one attached hydrogen (secondary N) is 1. The SMILES string of the molecule is Oc1ccccc1C1CC(c2ccc(Br)cc2)=NC(c2ccc(Br)cc2)N1. The van der Waals surface area contributed by atoms with Gasteiger partial charge < -0.3 is 5.11 Å². The quantitative estimate of drug-likeness (QED) is 0.468. The average molecular weight is 486 g/mol. The smallest absolute Gasteiger partial charge is 0.126 e. The molecule has 0 radical (unpaired) electrons. The molecule has 1 aliphatic heterocycles. The van der Waals surface area contributed by atoms with Crippen molar-refractivity contribution in [2.75, 3.05) is 0 Å². The topological polar surface area (TPSA) is 44.6 Å². The Bertz CT molecular complexity index is 968. The Hall–Kier alpha value is -1.95. The van der Waals surface area contributed by atoms with Gasteiger partial charge in [-0.25, -0.2) is 0 Å². The number of hydrogen-bond donors (Lipinski definition) is 2. The van der Waals surface area contributed by atoms with E-state index in [0.29, 0.717) is 12.2 Å². The number of aromatic hydroxyl groups is 1. The lowest BCUT2D eigenvalue weighted by Crippen LogP contribution is -2.33. The minimum Gasteiger partial charge on any atom is -0.508 e. The molecule has 0 amide bonds. The van der Waals surface area contributed by atoms with Crippen LogP contribution in [-0.4, -0.2) is 10.8 Å². The number of nitrogens with zero attached hydrogens (tertiary/aromatic N) is 1. The maximum atomic E-state index is 10.4. The lowest BCUT2D eigenvalue weighted by Gasteiger charge is -2.31. The monoisotopic (exact) mass is 484 g/mol. The van der Waals surface area contributed by atoms with E-state index in [4.69, 9.17) is 4.99 Å². The van der Waals surface area contributed by atoms with Gasteiger partial charge in [-0.3, -0.25) is 10.3 Å². The Morgan fingerprint density at radius 3 is 2.15 bits per heavy atom. The third kappa shape index (κ3) is 4.15. The van der Waals surface area contributed by atoms with Gasteiger partial charge >= 0.3 is 0 Å². The zero-order valence-electron chi connectivity index (χ0n) is 14.4. The first-order valence-corrected chi connectivity index (χ1v) is 10.3. The summed E-state index contributed by atoms with van der Waals surface area (Å²) in [6.07, 6.45) is 0.543. The van der Waals surface area contributed by atoms with E-state index in [1.54, 1.807) is 6.07 Å². The van der Waals surface area contributed by atoms with Crippen LogP contribution in [0.4, 0.5) is 0 Å². The van der Waals surface area contributed by atoms with Crippen molar-refractivity contribution < 1.29 is 5.11 Å². The maximum absolute atomic E-state index is 10.4. The predicted molar refractivity (Wildman–Crippen MR) is 116 cm³/mol. The number of rotatable bonds is 3. The summed E-state index contributed by atoms with van der Waals surface area (Å²) in [5.41, 5.74) is 4.11. The summed E-state index contributed by atoms with van der Waals surface area (Å²) in [6.45, 7) is 0. The first-order chi connectivity index (χ1) is 13.1. The van der Waals surface area contributed by atoms with Gasteiger partial charge in [-0.05, 0) is 41.5 Å². The van der Waals surface area contributed by atoms with Crippen LogP contribution in [0.5, 0.6) is 5.75 Å². The molecule has 136 valence electrons. The second-order valence-electron chi connectivity index (χ2n) is 6.52. The molecule has 0 aliphatic carbocycles. The number of benzene rings is 3. The van der Waals surface area contributed by atoms with Crippen molar-refractivity contribution in [2.45, 2.75) is 18.6 Å². The first kappa shape index (κ1) is 18.4. The molecular weight excluding hydrogens is 468 g/mol. The van der Waals surface area contributed by atoms with Crippen molar-refractivity contribution in [3.8, 4) is 5.75 Å². The largest absolute Gasteiger partial charge is 0.508 e. The van der Waals surface area contributed by atoms with Crippen LogP contribution in [-0.2, 0) is 0 Å². The number of hydrogen-bond acceptors (Lipinski definition) is 3. The van der Waals surface area contributed by atoms with E-state index in [2.05, 4.69) is 61.4 Å². The highest BCUT2D eigenvalue weighted by atomic mass is 79.9. The van der Waals surface area contributed by atoms with Gasteiger partial charge in [0.25, 0.3) is 0 Å². The molecule has 1 aliphatic rings. The summed E-state index contributed by atoms with van der Waals surface area (Å²) in [7, 11) is 0. The van der Waals surface area contributed by atoms with Crippen LogP contribution in [0.3, 0.4) is 0 Å². The van der Waals surface area contributed by atoms with Gasteiger partial charge in [-0.2, -0.15) is 0 Å². The van der Waals surface area contributed by atoms with E-state index in [9.17, 15) is 5.11 Å².